The van der Waals surface area contributed by atoms with E-state index < -0.39 is 5.97 Å². The Hall–Kier alpha value is -2.19. The van der Waals surface area contributed by atoms with E-state index in [4.69, 9.17) is 9.26 Å². The summed E-state index contributed by atoms with van der Waals surface area (Å²) in [6.07, 6.45) is 0. The van der Waals surface area contributed by atoms with Crippen molar-refractivity contribution in [3.63, 3.8) is 0 Å². The predicted molar refractivity (Wildman–Crippen MR) is 87.4 cm³/mol. The van der Waals surface area contributed by atoms with Gasteiger partial charge >= 0.3 is 5.97 Å². The lowest BCUT2D eigenvalue weighted by Crippen LogP contribution is -2.02. The molecule has 0 radical (unpaired) electrons. The van der Waals surface area contributed by atoms with Crippen LogP contribution in [0.5, 0.6) is 5.75 Å². The van der Waals surface area contributed by atoms with Crippen molar-refractivity contribution in [3.8, 4) is 17.2 Å². The van der Waals surface area contributed by atoms with Crippen molar-refractivity contribution in [2.75, 3.05) is 7.11 Å². The van der Waals surface area contributed by atoms with Gasteiger partial charge in [-0.1, -0.05) is 5.16 Å². The minimum Gasteiger partial charge on any atom is -0.484 e. The topological polar surface area (TPSA) is 74.5 Å². The molecule has 1 aromatic carbocycles. The second-order valence-corrected chi connectivity index (χ2v) is 6.09. The van der Waals surface area contributed by atoms with Gasteiger partial charge in [0.25, 0.3) is 5.89 Å². The lowest BCUT2D eigenvalue weighted by Gasteiger charge is -2.07. The number of aromatic nitrogens is 2. The molecular weight excluding hydrogens is 384 g/mol. The summed E-state index contributed by atoms with van der Waals surface area (Å²) in [5.41, 5.74) is 1.32. The molecule has 0 spiro atoms. The van der Waals surface area contributed by atoms with E-state index in [9.17, 15) is 4.79 Å². The molecule has 3 aromatic rings. The molecule has 23 heavy (non-hydrogen) atoms. The minimum absolute atomic E-state index is 0.157. The van der Waals surface area contributed by atoms with Gasteiger partial charge < -0.3 is 14.0 Å². The zero-order valence-electron chi connectivity index (χ0n) is 12.0. The van der Waals surface area contributed by atoms with Crippen LogP contribution >= 0.6 is 27.3 Å². The van der Waals surface area contributed by atoms with Crippen molar-refractivity contribution < 1.29 is 18.8 Å². The van der Waals surface area contributed by atoms with E-state index in [-0.39, 0.29) is 6.61 Å². The summed E-state index contributed by atoms with van der Waals surface area (Å²) in [5, 5.41) is 7.75. The van der Waals surface area contributed by atoms with Gasteiger partial charge in [0.1, 0.15) is 5.75 Å². The number of esters is 1. The largest absolute Gasteiger partial charge is 0.484 e. The number of halogens is 1. The minimum atomic E-state index is -0.407. The van der Waals surface area contributed by atoms with Crippen molar-refractivity contribution in [1.29, 1.82) is 0 Å². The third-order valence-corrected chi connectivity index (χ3v) is 4.25. The summed E-state index contributed by atoms with van der Waals surface area (Å²) in [4.78, 5) is 15.7. The molecule has 0 fully saturated rings. The molecule has 6 nitrogen and oxygen atoms in total. The van der Waals surface area contributed by atoms with E-state index in [1.165, 1.54) is 7.11 Å². The Balaban J connectivity index is 1.68. The van der Waals surface area contributed by atoms with Gasteiger partial charge in [0, 0.05) is 5.38 Å². The fourth-order valence-electron chi connectivity index (χ4n) is 1.82. The number of carbonyl (C=O) groups is 1. The monoisotopic (exact) mass is 394 g/mol. The van der Waals surface area contributed by atoms with E-state index in [1.807, 2.05) is 16.8 Å². The lowest BCUT2D eigenvalue weighted by molar-refractivity contribution is 0.0600. The number of hydrogen-bond donors (Lipinski definition) is 0. The van der Waals surface area contributed by atoms with Gasteiger partial charge in [0.2, 0.25) is 5.82 Å². The van der Waals surface area contributed by atoms with E-state index in [0.29, 0.717) is 27.5 Å². The Kier molecular flexibility index (Phi) is 4.73. The SMILES string of the molecule is COC(=O)c1ccc(OCc2noc(-c3ccsc3)n2)c(Br)c1. The first-order chi connectivity index (χ1) is 11.2. The summed E-state index contributed by atoms with van der Waals surface area (Å²) in [6.45, 7) is 0.157. The van der Waals surface area contributed by atoms with Gasteiger partial charge in [-0.15, -0.1) is 0 Å². The average Bonchev–Trinajstić information content (AvgIpc) is 3.24. The van der Waals surface area contributed by atoms with Gasteiger partial charge in [0.15, 0.2) is 6.61 Å². The average molecular weight is 395 g/mol. The molecule has 0 atom stereocenters. The van der Waals surface area contributed by atoms with Crippen molar-refractivity contribution >= 4 is 33.2 Å². The maximum atomic E-state index is 11.5. The maximum absolute atomic E-state index is 11.5. The molecule has 8 heteroatoms. The standard InChI is InChI=1S/C15H11BrN2O4S/c1-20-15(19)9-2-3-12(11(16)6-9)21-7-13-17-14(22-18-13)10-4-5-23-8-10/h2-6,8H,7H2,1H3. The Bertz CT molecular complexity index is 817. The Morgan fingerprint density at radius 1 is 1.39 bits per heavy atom. The van der Waals surface area contributed by atoms with Crippen molar-refractivity contribution in [2.45, 2.75) is 6.61 Å². The Labute approximate surface area is 144 Å². The number of hydrogen-bond acceptors (Lipinski definition) is 7. The van der Waals surface area contributed by atoms with Crippen LogP contribution in [-0.2, 0) is 11.3 Å². The predicted octanol–water partition coefficient (Wildman–Crippen LogP) is 3.93. The highest BCUT2D eigenvalue weighted by molar-refractivity contribution is 9.10. The first kappa shape index (κ1) is 15.7. The number of nitrogens with zero attached hydrogens (tertiary/aromatic N) is 2. The van der Waals surface area contributed by atoms with E-state index in [0.717, 1.165) is 5.56 Å². The van der Waals surface area contributed by atoms with Crippen LogP contribution < -0.4 is 4.74 Å². The summed E-state index contributed by atoms with van der Waals surface area (Å²) < 4.78 is 16.1. The maximum Gasteiger partial charge on any atom is 0.337 e. The van der Waals surface area contributed by atoms with Gasteiger partial charge in [-0.3, -0.25) is 0 Å². The molecule has 0 saturated heterocycles. The van der Waals surface area contributed by atoms with Crippen LogP contribution in [-0.4, -0.2) is 23.2 Å². The van der Waals surface area contributed by atoms with Crippen LogP contribution in [0.3, 0.4) is 0 Å². The fourth-order valence-corrected chi connectivity index (χ4v) is 2.94. The van der Waals surface area contributed by atoms with Crippen LogP contribution in [0.25, 0.3) is 11.5 Å². The second kappa shape index (κ2) is 6.93. The molecule has 0 saturated carbocycles. The molecular formula is C15H11BrN2O4S. The quantitative estimate of drug-likeness (QED) is 0.610. The smallest absolute Gasteiger partial charge is 0.337 e. The van der Waals surface area contributed by atoms with Gasteiger partial charge in [-0.05, 0) is 45.6 Å². The van der Waals surface area contributed by atoms with Crippen LogP contribution in [0.2, 0.25) is 0 Å². The number of carbonyl (C=O) groups excluding carboxylic acids is 1. The summed E-state index contributed by atoms with van der Waals surface area (Å²) in [5.74, 6) is 1.07. The van der Waals surface area contributed by atoms with Gasteiger partial charge in [0.05, 0.1) is 22.7 Å². The highest BCUT2D eigenvalue weighted by atomic mass is 79.9. The number of ether oxygens (including phenoxy) is 2. The van der Waals surface area contributed by atoms with Crippen molar-refractivity contribution in [3.05, 3.63) is 50.9 Å². The Morgan fingerprint density at radius 2 is 2.26 bits per heavy atom. The summed E-state index contributed by atoms with van der Waals surface area (Å²) >= 11 is 4.92. The highest BCUT2D eigenvalue weighted by Crippen LogP contribution is 2.27. The first-order valence-corrected chi connectivity index (χ1v) is 8.27. The van der Waals surface area contributed by atoms with Crippen LogP contribution in [0.15, 0.2) is 44.0 Å². The Morgan fingerprint density at radius 3 is 2.96 bits per heavy atom. The fraction of sp³-hybridized carbons (Fsp3) is 0.133. The molecule has 0 amide bonds. The molecule has 0 N–H and O–H groups in total. The number of thiophene rings is 1. The van der Waals surface area contributed by atoms with Crippen molar-refractivity contribution in [2.24, 2.45) is 0 Å². The van der Waals surface area contributed by atoms with Crippen molar-refractivity contribution in [1.82, 2.24) is 10.1 Å². The number of methoxy groups -OCH3 is 1. The van der Waals surface area contributed by atoms with Crippen LogP contribution in [0, 0.1) is 0 Å². The highest BCUT2D eigenvalue weighted by Gasteiger charge is 2.12. The zero-order valence-corrected chi connectivity index (χ0v) is 14.4. The molecule has 0 aliphatic carbocycles. The number of benzene rings is 1. The van der Waals surface area contributed by atoms with Gasteiger partial charge in [-0.25, -0.2) is 4.79 Å². The molecule has 2 aromatic heterocycles. The summed E-state index contributed by atoms with van der Waals surface area (Å²) in [7, 11) is 1.34. The second-order valence-electron chi connectivity index (χ2n) is 4.45. The molecule has 3 rings (SSSR count). The zero-order chi connectivity index (χ0) is 16.2. The van der Waals surface area contributed by atoms with Crippen LogP contribution in [0.1, 0.15) is 16.2 Å². The van der Waals surface area contributed by atoms with E-state index in [1.54, 1.807) is 29.5 Å². The summed E-state index contributed by atoms with van der Waals surface area (Å²) in [6, 6.07) is 6.84. The molecule has 2 heterocycles. The third kappa shape index (κ3) is 3.59. The molecule has 0 aliphatic heterocycles. The molecule has 0 aliphatic rings. The van der Waals surface area contributed by atoms with E-state index >= 15 is 0 Å². The number of rotatable bonds is 5. The third-order valence-electron chi connectivity index (χ3n) is 2.95. The lowest BCUT2D eigenvalue weighted by atomic mass is 10.2. The van der Waals surface area contributed by atoms with E-state index in [2.05, 4.69) is 30.8 Å². The molecule has 0 unspecified atom stereocenters. The molecule has 118 valence electrons. The normalized spacial score (nSPS) is 10.5. The van der Waals surface area contributed by atoms with Gasteiger partial charge in [-0.2, -0.15) is 16.3 Å². The first-order valence-electron chi connectivity index (χ1n) is 6.53. The van der Waals surface area contributed by atoms with Crippen LogP contribution in [0.4, 0.5) is 0 Å². The molecule has 0 bridgehead atoms.